The summed E-state index contributed by atoms with van der Waals surface area (Å²) in [5.41, 5.74) is 1.91. The highest BCUT2D eigenvalue weighted by atomic mass is 30.1. The van der Waals surface area contributed by atoms with Crippen LogP contribution in [0.1, 0.15) is 41.5 Å². The second kappa shape index (κ2) is 10.7. The predicted molar refractivity (Wildman–Crippen MR) is 170 cm³/mol. The first-order valence-corrected chi connectivity index (χ1v) is 40.5. The summed E-state index contributed by atoms with van der Waals surface area (Å²) in [7, 11) is -4.17. The fraction of sp³-hybridized carbons (Fsp3) is 1.00. The van der Waals surface area contributed by atoms with E-state index in [0.29, 0.717) is 0 Å². The molecule has 185 valence electrons. The highest BCUT2D eigenvalue weighted by Gasteiger charge is 2.62. The SMILES string of the molecule is CCN(CC)[Si](=[Si][Si](C(C)C)([Si](C)(C)C)[Si](C)(C)C)[Si](C(C)C)([Si](C)(C)C)[Si](C)(C)C. The van der Waals surface area contributed by atoms with E-state index in [1.54, 1.807) is 0 Å². The summed E-state index contributed by atoms with van der Waals surface area (Å²) < 4.78 is 3.15. The van der Waals surface area contributed by atoms with Gasteiger partial charge in [-0.25, -0.2) is 0 Å². The Morgan fingerprint density at radius 2 is 0.903 bits per heavy atom. The average molecular weight is 563 g/mol. The Kier molecular flexibility index (Phi) is 11.2. The van der Waals surface area contributed by atoms with Gasteiger partial charge in [-0.3, -0.25) is 0 Å². The Labute approximate surface area is 207 Å². The van der Waals surface area contributed by atoms with Crippen LogP contribution in [0.3, 0.4) is 0 Å². The summed E-state index contributed by atoms with van der Waals surface area (Å²) in [6.07, 6.45) is 0. The van der Waals surface area contributed by atoms with Gasteiger partial charge < -0.3 is 4.57 Å². The van der Waals surface area contributed by atoms with Crippen molar-refractivity contribution in [2.75, 3.05) is 13.1 Å². The minimum Gasteiger partial charge on any atom is -0.413 e. The maximum Gasteiger partial charge on any atom is 0.0743 e. The molecule has 0 atom stereocenters. The monoisotopic (exact) mass is 562 g/mol. The Morgan fingerprint density at radius 1 is 0.581 bits per heavy atom. The molecule has 0 N–H and O–H groups in total. The van der Waals surface area contributed by atoms with Gasteiger partial charge in [0.1, 0.15) is 0 Å². The normalized spacial score (nSPS) is 15.8. The lowest BCUT2D eigenvalue weighted by molar-refractivity contribution is 0.498. The summed E-state index contributed by atoms with van der Waals surface area (Å²) in [6, 6.07) is 0. The molecule has 0 aromatic heterocycles. The van der Waals surface area contributed by atoms with Crippen molar-refractivity contribution >= 4 is 59.3 Å². The van der Waals surface area contributed by atoms with Crippen molar-refractivity contribution in [3.8, 4) is 0 Å². The Morgan fingerprint density at radius 3 is 1.06 bits per heavy atom. The molecule has 0 aliphatic carbocycles. The lowest BCUT2D eigenvalue weighted by Gasteiger charge is -2.59. The van der Waals surface area contributed by atoms with Gasteiger partial charge in [0, 0.05) is 51.6 Å². The third-order valence-corrected chi connectivity index (χ3v) is 151. The zero-order valence-electron chi connectivity index (χ0n) is 25.0. The minimum atomic E-state index is -1.43. The third kappa shape index (κ3) is 5.86. The molecule has 0 aliphatic rings. The smallest absolute Gasteiger partial charge is 0.0743 e. The van der Waals surface area contributed by atoms with Crippen LogP contribution in [0.2, 0.25) is 89.6 Å². The van der Waals surface area contributed by atoms with Crippen molar-refractivity contribution in [1.82, 2.24) is 4.57 Å². The van der Waals surface area contributed by atoms with Crippen LogP contribution in [0.4, 0.5) is 0 Å². The van der Waals surface area contributed by atoms with Gasteiger partial charge in [0.2, 0.25) is 0 Å². The fourth-order valence-electron chi connectivity index (χ4n) is 8.37. The molecule has 0 saturated carbocycles. The molecule has 31 heavy (non-hydrogen) atoms. The van der Waals surface area contributed by atoms with E-state index in [0.717, 1.165) is 11.1 Å². The predicted octanol–water partition coefficient (Wildman–Crippen LogP) is 7.48. The molecule has 0 spiro atoms. The Bertz CT molecular complexity index is 583. The Hall–Kier alpha value is 1.54. The van der Waals surface area contributed by atoms with E-state index in [9.17, 15) is 0 Å². The van der Waals surface area contributed by atoms with Crippen LogP contribution >= 0.6 is 0 Å². The van der Waals surface area contributed by atoms with Crippen molar-refractivity contribution in [3.05, 3.63) is 0 Å². The molecule has 0 aromatic rings. The van der Waals surface area contributed by atoms with Gasteiger partial charge in [0.25, 0.3) is 0 Å². The van der Waals surface area contributed by atoms with Crippen molar-refractivity contribution in [2.24, 2.45) is 0 Å². The van der Waals surface area contributed by atoms with E-state index in [1.807, 2.05) is 0 Å². The molecule has 0 fully saturated rings. The van der Waals surface area contributed by atoms with E-state index in [1.165, 1.54) is 21.2 Å². The topological polar surface area (TPSA) is 3.24 Å². The Balaban J connectivity index is 8.04. The molecule has 0 unspecified atom stereocenters. The van der Waals surface area contributed by atoms with Crippen molar-refractivity contribution in [1.29, 1.82) is 0 Å². The maximum absolute atomic E-state index is 3.15. The zero-order chi connectivity index (χ0) is 25.4. The molecule has 0 heterocycles. The van der Waals surface area contributed by atoms with E-state index in [2.05, 4.69) is 125 Å². The third-order valence-electron chi connectivity index (χ3n) is 8.23. The summed E-state index contributed by atoms with van der Waals surface area (Å²) >= 11 is 0. The van der Waals surface area contributed by atoms with Gasteiger partial charge in [0.15, 0.2) is 0 Å². The van der Waals surface area contributed by atoms with Crippen molar-refractivity contribution in [3.63, 3.8) is 0 Å². The van der Waals surface area contributed by atoms with Gasteiger partial charge in [-0.1, -0.05) is 117 Å². The molecule has 1 radical (unpaired) electrons. The van der Waals surface area contributed by atoms with Crippen molar-refractivity contribution < 1.29 is 0 Å². The van der Waals surface area contributed by atoms with Gasteiger partial charge in [-0.15, -0.1) is 0 Å². The molecule has 0 aromatic carbocycles. The highest BCUT2D eigenvalue weighted by Crippen LogP contribution is 2.42. The maximum atomic E-state index is 3.15. The first-order chi connectivity index (χ1) is 13.5. The van der Waals surface area contributed by atoms with Gasteiger partial charge in [-0.2, -0.15) is 0 Å². The van der Waals surface area contributed by atoms with Crippen LogP contribution in [0, 0.1) is 0 Å². The van der Waals surface area contributed by atoms with E-state index in [-0.39, 0.29) is 0 Å². The first kappa shape index (κ1) is 32.5. The van der Waals surface area contributed by atoms with Crippen LogP contribution in [-0.2, 0) is 0 Å². The molecule has 0 saturated heterocycles. The average Bonchev–Trinajstić information content (AvgIpc) is 2.47. The van der Waals surface area contributed by atoms with Crippen molar-refractivity contribution in [2.45, 2.75) is 131 Å². The molecule has 0 aliphatic heterocycles. The lowest BCUT2D eigenvalue weighted by Crippen LogP contribution is -2.85. The van der Waals surface area contributed by atoms with E-state index >= 15 is 0 Å². The number of nitrogens with zero attached hydrogens (tertiary/aromatic N) is 1. The van der Waals surface area contributed by atoms with Gasteiger partial charge in [-0.05, 0) is 13.8 Å². The number of rotatable bonds is 11. The minimum absolute atomic E-state index is 0.508. The standard InChI is InChI=1S/C22H60NSi8/c1-19-23(20-2)25(31(22(5)6,28(13,14)15)29(16,17)18)24-30(21(3)4,26(7,8)9)27(10,11)12/h21-22H,19-20H2,1-18H3. The van der Waals surface area contributed by atoms with Gasteiger partial charge >= 0.3 is 0 Å². The summed E-state index contributed by atoms with van der Waals surface area (Å²) in [5.74, 6) is 0. The second-order valence-corrected chi connectivity index (χ2v) is 88.2. The largest absolute Gasteiger partial charge is 0.413 e. The molecule has 9 heteroatoms. The molecular formula is C22H60NSi8. The first-order valence-electron chi connectivity index (χ1n) is 12.9. The molecule has 0 amide bonds. The summed E-state index contributed by atoms with van der Waals surface area (Å²) in [6.45, 7) is 49.3. The molecule has 0 bridgehead atoms. The summed E-state index contributed by atoms with van der Waals surface area (Å²) in [4.78, 5) is 0. The number of hydrogen-bond acceptors (Lipinski definition) is 1. The zero-order valence-corrected chi connectivity index (χ0v) is 33.0. The number of hydrogen-bond donors (Lipinski definition) is 0. The van der Waals surface area contributed by atoms with E-state index in [4.69, 9.17) is 0 Å². The lowest BCUT2D eigenvalue weighted by atomic mass is 10.6. The quantitative estimate of drug-likeness (QED) is 0.236. The van der Waals surface area contributed by atoms with Crippen LogP contribution in [0.5, 0.6) is 0 Å². The van der Waals surface area contributed by atoms with Crippen LogP contribution < -0.4 is 0 Å². The van der Waals surface area contributed by atoms with Crippen LogP contribution in [0.25, 0.3) is 0 Å². The van der Waals surface area contributed by atoms with E-state index < -0.39 is 51.2 Å². The van der Waals surface area contributed by atoms with Gasteiger partial charge in [0.05, 0.1) is 20.8 Å². The highest BCUT2D eigenvalue weighted by molar-refractivity contribution is 7.94. The molecule has 1 nitrogen and oxygen atoms in total. The molecular weight excluding hydrogens is 503 g/mol. The second-order valence-electron chi connectivity index (χ2n) is 14.6. The fourth-order valence-corrected chi connectivity index (χ4v) is 223. The molecule has 0 rings (SSSR count). The summed E-state index contributed by atoms with van der Waals surface area (Å²) in [5, 5.41) is 0. The van der Waals surface area contributed by atoms with Crippen LogP contribution in [0.15, 0.2) is 0 Å². The van der Waals surface area contributed by atoms with Crippen LogP contribution in [-0.4, -0.2) is 77.0 Å².